The lowest BCUT2D eigenvalue weighted by Crippen LogP contribution is -2.41. The molecule has 1 N–H and O–H groups in total. The number of carbonyl (C=O) groups is 1. The first-order valence-corrected chi connectivity index (χ1v) is 8.57. The van der Waals surface area contributed by atoms with Crippen LogP contribution in [0.15, 0.2) is 21.1 Å². The fourth-order valence-electron chi connectivity index (χ4n) is 3.14. The summed E-state index contributed by atoms with van der Waals surface area (Å²) in [6.45, 7) is 4.82. The van der Waals surface area contributed by atoms with Gasteiger partial charge in [0.25, 0.3) is 0 Å². The van der Waals surface area contributed by atoms with Crippen LogP contribution in [0.4, 0.5) is 4.79 Å². The van der Waals surface area contributed by atoms with Gasteiger partial charge in [0.15, 0.2) is 5.82 Å². The number of furan rings is 1. The molecule has 3 heterocycles. The van der Waals surface area contributed by atoms with E-state index in [0.29, 0.717) is 31.3 Å². The van der Waals surface area contributed by atoms with E-state index in [1.807, 2.05) is 24.0 Å². The van der Waals surface area contributed by atoms with E-state index in [-0.39, 0.29) is 18.1 Å². The average molecular weight is 348 g/mol. The van der Waals surface area contributed by atoms with E-state index in [0.717, 1.165) is 24.4 Å². The molecule has 8 nitrogen and oxygen atoms in total. The molecule has 8 heteroatoms. The largest absolute Gasteiger partial charge is 0.461 e. The van der Waals surface area contributed by atoms with E-state index in [1.165, 1.54) is 0 Å². The first kappa shape index (κ1) is 17.5. The minimum Gasteiger partial charge on any atom is -0.461 e. The van der Waals surface area contributed by atoms with Gasteiger partial charge in [0, 0.05) is 20.6 Å². The zero-order valence-electron chi connectivity index (χ0n) is 14.8. The number of amides is 2. The molecule has 0 saturated carbocycles. The molecule has 0 unspecified atom stereocenters. The van der Waals surface area contributed by atoms with Gasteiger partial charge in [0.2, 0.25) is 5.89 Å². The number of rotatable bonds is 6. The summed E-state index contributed by atoms with van der Waals surface area (Å²) in [6, 6.07) is 3.35. The molecule has 2 atom stereocenters. The SMILES string of the molecule is CC[C@H](NC(=O)N1CCC[C@H]1c1ccc(COC)o1)c1noc(C)n1. The number of nitrogens with one attached hydrogen (secondary N) is 1. The van der Waals surface area contributed by atoms with Crippen LogP contribution in [0.25, 0.3) is 0 Å². The predicted octanol–water partition coefficient (Wildman–Crippen LogP) is 3.12. The topological polar surface area (TPSA) is 93.6 Å². The van der Waals surface area contributed by atoms with Crippen molar-refractivity contribution in [2.24, 2.45) is 0 Å². The Bertz CT molecular complexity index is 711. The molecule has 1 aliphatic rings. The minimum absolute atomic E-state index is 0.0601. The Morgan fingerprint density at radius 3 is 3.04 bits per heavy atom. The van der Waals surface area contributed by atoms with Crippen LogP contribution in [0.3, 0.4) is 0 Å². The maximum atomic E-state index is 12.8. The molecule has 25 heavy (non-hydrogen) atoms. The molecule has 0 radical (unpaired) electrons. The number of carbonyl (C=O) groups excluding carboxylic acids is 1. The number of aryl methyl sites for hydroxylation is 1. The molecule has 2 amide bonds. The highest BCUT2D eigenvalue weighted by molar-refractivity contribution is 5.75. The normalized spacial score (nSPS) is 18.5. The number of hydrogen-bond acceptors (Lipinski definition) is 6. The van der Waals surface area contributed by atoms with Crippen LogP contribution in [0.5, 0.6) is 0 Å². The Balaban J connectivity index is 1.69. The summed E-state index contributed by atoms with van der Waals surface area (Å²) in [7, 11) is 1.63. The number of likely N-dealkylation sites (tertiary alicyclic amines) is 1. The highest BCUT2D eigenvalue weighted by Crippen LogP contribution is 2.33. The van der Waals surface area contributed by atoms with Crippen LogP contribution in [0.2, 0.25) is 0 Å². The van der Waals surface area contributed by atoms with Gasteiger partial charge in [-0.1, -0.05) is 12.1 Å². The van der Waals surface area contributed by atoms with Crippen molar-refractivity contribution >= 4 is 6.03 Å². The molecule has 2 aromatic rings. The van der Waals surface area contributed by atoms with E-state index in [1.54, 1.807) is 14.0 Å². The molecule has 1 aliphatic heterocycles. The number of nitrogens with zero attached hydrogens (tertiary/aromatic N) is 3. The first-order valence-electron chi connectivity index (χ1n) is 8.57. The maximum absolute atomic E-state index is 12.8. The number of urea groups is 1. The van der Waals surface area contributed by atoms with Crippen molar-refractivity contribution in [1.29, 1.82) is 0 Å². The zero-order chi connectivity index (χ0) is 17.8. The fourth-order valence-corrected chi connectivity index (χ4v) is 3.14. The van der Waals surface area contributed by atoms with E-state index in [9.17, 15) is 4.79 Å². The molecule has 1 saturated heterocycles. The Hall–Kier alpha value is -2.35. The highest BCUT2D eigenvalue weighted by atomic mass is 16.5. The van der Waals surface area contributed by atoms with Gasteiger partial charge < -0.3 is 23.9 Å². The van der Waals surface area contributed by atoms with Crippen molar-refractivity contribution in [1.82, 2.24) is 20.4 Å². The van der Waals surface area contributed by atoms with Crippen LogP contribution in [-0.2, 0) is 11.3 Å². The van der Waals surface area contributed by atoms with Gasteiger partial charge >= 0.3 is 6.03 Å². The van der Waals surface area contributed by atoms with Gasteiger partial charge in [-0.05, 0) is 31.4 Å². The third kappa shape index (κ3) is 3.84. The lowest BCUT2D eigenvalue weighted by molar-refractivity contribution is 0.155. The second-order valence-electron chi connectivity index (χ2n) is 6.17. The van der Waals surface area contributed by atoms with Crippen LogP contribution in [0, 0.1) is 6.92 Å². The second kappa shape index (κ2) is 7.69. The van der Waals surface area contributed by atoms with Gasteiger partial charge in [-0.2, -0.15) is 4.98 Å². The predicted molar refractivity (Wildman–Crippen MR) is 88.7 cm³/mol. The van der Waals surface area contributed by atoms with Crippen molar-refractivity contribution in [3.63, 3.8) is 0 Å². The lowest BCUT2D eigenvalue weighted by Gasteiger charge is -2.25. The standard InChI is InChI=1S/C17H24N4O4/c1-4-13(16-18-11(2)25-20-16)19-17(22)21-9-5-6-14(21)15-8-7-12(24-15)10-23-3/h7-8,13-14H,4-6,9-10H2,1-3H3,(H,19,22)/t13-,14-/m0/s1. The molecule has 0 aromatic carbocycles. The molecular weight excluding hydrogens is 324 g/mol. The summed E-state index contributed by atoms with van der Waals surface area (Å²) in [5.41, 5.74) is 0. The molecule has 2 aromatic heterocycles. The molecule has 136 valence electrons. The van der Waals surface area contributed by atoms with E-state index >= 15 is 0 Å². The molecule has 1 fully saturated rings. The number of aromatic nitrogens is 2. The third-order valence-corrected chi connectivity index (χ3v) is 4.37. The van der Waals surface area contributed by atoms with E-state index < -0.39 is 0 Å². The van der Waals surface area contributed by atoms with Gasteiger partial charge in [0.1, 0.15) is 18.1 Å². The Kier molecular flexibility index (Phi) is 5.37. The smallest absolute Gasteiger partial charge is 0.318 e. The Morgan fingerprint density at radius 1 is 1.52 bits per heavy atom. The first-order chi connectivity index (χ1) is 12.1. The van der Waals surface area contributed by atoms with Gasteiger partial charge in [-0.3, -0.25) is 0 Å². The number of hydrogen-bond donors (Lipinski definition) is 1. The van der Waals surface area contributed by atoms with E-state index in [4.69, 9.17) is 13.7 Å². The monoisotopic (exact) mass is 348 g/mol. The summed E-state index contributed by atoms with van der Waals surface area (Å²) >= 11 is 0. The van der Waals surface area contributed by atoms with Crippen LogP contribution >= 0.6 is 0 Å². The summed E-state index contributed by atoms with van der Waals surface area (Å²) < 4.78 is 15.9. The lowest BCUT2D eigenvalue weighted by atomic mass is 10.1. The summed E-state index contributed by atoms with van der Waals surface area (Å²) in [6.07, 6.45) is 2.50. The molecule has 0 spiro atoms. The molecule has 3 rings (SSSR count). The molecule has 0 aliphatic carbocycles. The van der Waals surface area contributed by atoms with E-state index in [2.05, 4.69) is 15.5 Å². The van der Waals surface area contributed by atoms with Crippen LogP contribution in [-0.4, -0.2) is 34.7 Å². The zero-order valence-corrected chi connectivity index (χ0v) is 14.8. The van der Waals surface area contributed by atoms with Crippen LogP contribution < -0.4 is 5.32 Å². The third-order valence-electron chi connectivity index (χ3n) is 4.37. The van der Waals surface area contributed by atoms with Gasteiger partial charge in [0.05, 0.1) is 12.1 Å². The summed E-state index contributed by atoms with van der Waals surface area (Å²) in [5.74, 6) is 2.55. The van der Waals surface area contributed by atoms with Crippen molar-refractivity contribution in [3.8, 4) is 0 Å². The Morgan fingerprint density at radius 2 is 2.36 bits per heavy atom. The fraction of sp³-hybridized carbons (Fsp3) is 0.588. The summed E-state index contributed by atoms with van der Waals surface area (Å²) in [5, 5.41) is 6.92. The summed E-state index contributed by atoms with van der Waals surface area (Å²) in [4.78, 5) is 18.8. The van der Waals surface area contributed by atoms with Gasteiger partial charge in [-0.15, -0.1) is 0 Å². The van der Waals surface area contributed by atoms with Crippen LogP contribution in [0.1, 0.15) is 61.5 Å². The second-order valence-corrected chi connectivity index (χ2v) is 6.17. The maximum Gasteiger partial charge on any atom is 0.318 e. The van der Waals surface area contributed by atoms with Crippen molar-refractivity contribution < 1.29 is 18.5 Å². The minimum atomic E-state index is -0.271. The number of ether oxygens (including phenoxy) is 1. The highest BCUT2D eigenvalue weighted by Gasteiger charge is 2.33. The molecule has 0 bridgehead atoms. The number of methoxy groups -OCH3 is 1. The quantitative estimate of drug-likeness (QED) is 0.862. The van der Waals surface area contributed by atoms with Crippen molar-refractivity contribution in [2.75, 3.05) is 13.7 Å². The van der Waals surface area contributed by atoms with Crippen molar-refractivity contribution in [2.45, 2.75) is 51.8 Å². The average Bonchev–Trinajstić information content (AvgIpc) is 3.32. The van der Waals surface area contributed by atoms with Gasteiger partial charge in [-0.25, -0.2) is 4.79 Å². The Labute approximate surface area is 146 Å². The molecular formula is C17H24N4O4. The van der Waals surface area contributed by atoms with Crippen molar-refractivity contribution in [3.05, 3.63) is 35.4 Å².